The summed E-state index contributed by atoms with van der Waals surface area (Å²) in [5.41, 5.74) is 4.60. The predicted molar refractivity (Wildman–Crippen MR) is 185 cm³/mol. The Morgan fingerprint density at radius 2 is 1.82 bits per heavy atom. The highest BCUT2D eigenvalue weighted by Crippen LogP contribution is 2.42. The van der Waals surface area contributed by atoms with E-state index in [1.54, 1.807) is 23.2 Å². The first kappa shape index (κ1) is 35.0. The number of fused-ring (bicyclic) bond motifs is 1. The van der Waals surface area contributed by atoms with E-state index in [1.165, 1.54) is 19.2 Å². The lowest BCUT2D eigenvalue weighted by atomic mass is 9.94. The summed E-state index contributed by atoms with van der Waals surface area (Å²) in [5.74, 6) is -2.81. The number of hydrogen-bond acceptors (Lipinski definition) is 8. The first-order valence-electron chi connectivity index (χ1n) is 16.5. The fraction of sp³-hybridized carbons (Fsp3) is 0.395. The third-order valence-electron chi connectivity index (χ3n) is 8.72. The van der Waals surface area contributed by atoms with Crippen molar-refractivity contribution in [2.75, 3.05) is 45.0 Å². The standard InChI is InChI=1S/C38H40F3N5O4/c1-37(2,3)50-36(47)44-29-10-12-46(13-11-29)34-31-17-25(30-7-5-6-26(18-42)35(30)49-23-48-4)8-9-33(31)43-19-32(34)27-14-24(15-28(39)16-27)20-45-21-38(40,41)22-45/h5-9,14-17,19,29H,10-13,20-23H2,1-4H3,(H,44,47). The Morgan fingerprint density at radius 1 is 1.06 bits per heavy atom. The van der Waals surface area contributed by atoms with Gasteiger partial charge in [0.15, 0.2) is 6.79 Å². The number of nitrogens with zero attached hydrogens (tertiary/aromatic N) is 4. The minimum atomic E-state index is -2.73. The molecule has 0 spiro atoms. The number of benzene rings is 3. The Morgan fingerprint density at radius 3 is 2.50 bits per heavy atom. The number of hydrogen-bond donors (Lipinski definition) is 1. The van der Waals surface area contributed by atoms with Crippen LogP contribution in [0.3, 0.4) is 0 Å². The summed E-state index contributed by atoms with van der Waals surface area (Å²) in [6.07, 6.45) is 2.54. The molecule has 6 rings (SSSR count). The van der Waals surface area contributed by atoms with Crippen LogP contribution in [-0.4, -0.2) is 73.6 Å². The lowest BCUT2D eigenvalue weighted by Crippen LogP contribution is -2.55. The molecule has 2 saturated heterocycles. The molecule has 4 aromatic rings. The Hall–Kier alpha value is -4.86. The van der Waals surface area contributed by atoms with Gasteiger partial charge < -0.3 is 24.4 Å². The lowest BCUT2D eigenvalue weighted by molar-refractivity contribution is -0.133. The van der Waals surface area contributed by atoms with E-state index >= 15 is 4.39 Å². The van der Waals surface area contributed by atoms with Crippen molar-refractivity contribution in [3.63, 3.8) is 0 Å². The zero-order chi connectivity index (χ0) is 35.6. The maximum absolute atomic E-state index is 15.2. The van der Waals surface area contributed by atoms with Crippen LogP contribution in [0, 0.1) is 17.1 Å². The van der Waals surface area contributed by atoms with Crippen LogP contribution in [0.2, 0.25) is 0 Å². The number of carbonyl (C=O) groups is 1. The van der Waals surface area contributed by atoms with Gasteiger partial charge >= 0.3 is 6.09 Å². The lowest BCUT2D eigenvalue weighted by Gasteiger charge is -2.38. The molecule has 2 aliphatic heterocycles. The number of anilines is 1. The Bertz CT molecular complexity index is 1920. The minimum absolute atomic E-state index is 0.0422. The van der Waals surface area contributed by atoms with E-state index in [9.17, 15) is 18.8 Å². The van der Waals surface area contributed by atoms with Crippen LogP contribution in [0.15, 0.2) is 60.8 Å². The summed E-state index contributed by atoms with van der Waals surface area (Å²) in [7, 11) is 1.51. The van der Waals surface area contributed by atoms with E-state index in [0.717, 1.165) is 16.6 Å². The van der Waals surface area contributed by atoms with Crippen molar-refractivity contribution in [3.05, 3.63) is 77.7 Å². The average molecular weight is 688 g/mol. The van der Waals surface area contributed by atoms with Crippen LogP contribution in [0.4, 0.5) is 23.7 Å². The van der Waals surface area contributed by atoms with Gasteiger partial charge in [-0.1, -0.05) is 18.2 Å². The first-order chi connectivity index (χ1) is 23.8. The molecule has 2 aliphatic rings. The van der Waals surface area contributed by atoms with Gasteiger partial charge in [-0.2, -0.15) is 5.26 Å². The average Bonchev–Trinajstić information content (AvgIpc) is 3.05. The van der Waals surface area contributed by atoms with Gasteiger partial charge in [-0.05, 0) is 86.7 Å². The predicted octanol–water partition coefficient (Wildman–Crippen LogP) is 7.51. The zero-order valence-electron chi connectivity index (χ0n) is 28.6. The monoisotopic (exact) mass is 687 g/mol. The third-order valence-corrected chi connectivity index (χ3v) is 8.72. The number of amides is 1. The van der Waals surface area contributed by atoms with Crippen molar-refractivity contribution in [2.45, 2.75) is 57.7 Å². The van der Waals surface area contributed by atoms with E-state index < -0.39 is 23.4 Å². The van der Waals surface area contributed by atoms with E-state index in [-0.39, 0.29) is 32.5 Å². The second-order valence-electron chi connectivity index (χ2n) is 13.9. The van der Waals surface area contributed by atoms with Crippen molar-refractivity contribution in [1.82, 2.24) is 15.2 Å². The highest BCUT2D eigenvalue weighted by molar-refractivity contribution is 6.02. The van der Waals surface area contributed by atoms with Crippen LogP contribution in [0.1, 0.15) is 44.7 Å². The number of piperidine rings is 1. The van der Waals surface area contributed by atoms with E-state index in [0.29, 0.717) is 65.0 Å². The van der Waals surface area contributed by atoms with Gasteiger partial charge in [-0.25, -0.2) is 18.0 Å². The summed E-state index contributed by atoms with van der Waals surface area (Å²) in [5, 5.41) is 13.6. The Kier molecular flexibility index (Phi) is 9.91. The molecule has 12 heteroatoms. The quantitative estimate of drug-likeness (QED) is 0.181. The molecule has 0 radical (unpaired) electrons. The topological polar surface area (TPSA) is 100.0 Å². The Labute approximate surface area is 289 Å². The maximum atomic E-state index is 15.2. The number of carbonyl (C=O) groups excluding carboxylic acids is 1. The first-order valence-corrected chi connectivity index (χ1v) is 16.5. The molecule has 2 fully saturated rings. The molecule has 0 atom stereocenters. The molecule has 1 N–H and O–H groups in total. The summed E-state index contributed by atoms with van der Waals surface area (Å²) in [6, 6.07) is 17.9. The van der Waals surface area contributed by atoms with Crippen molar-refractivity contribution in [1.29, 1.82) is 5.26 Å². The largest absolute Gasteiger partial charge is 0.466 e. The number of alkyl halides is 2. The number of rotatable bonds is 9. The van der Waals surface area contributed by atoms with Gasteiger partial charge in [0, 0.05) is 55.5 Å². The number of nitriles is 1. The van der Waals surface area contributed by atoms with Gasteiger partial charge in [-0.3, -0.25) is 9.88 Å². The molecule has 0 aliphatic carbocycles. The SMILES string of the molecule is COCOc1c(C#N)cccc1-c1ccc2ncc(-c3cc(F)cc(CN4CC(F)(F)C4)c3)c(N3CCC(NC(=O)OC(C)(C)C)CC3)c2c1. The van der Waals surface area contributed by atoms with Crippen molar-refractivity contribution in [3.8, 4) is 34.1 Å². The van der Waals surface area contributed by atoms with Gasteiger partial charge in [0.2, 0.25) is 0 Å². The van der Waals surface area contributed by atoms with Crippen molar-refractivity contribution >= 4 is 22.7 Å². The number of pyridine rings is 1. The van der Waals surface area contributed by atoms with Crippen molar-refractivity contribution < 1.29 is 32.2 Å². The van der Waals surface area contributed by atoms with Gasteiger partial charge in [-0.15, -0.1) is 0 Å². The number of likely N-dealkylation sites (tertiary alicyclic amines) is 1. The fourth-order valence-corrected chi connectivity index (χ4v) is 6.62. The molecule has 0 bridgehead atoms. The second-order valence-corrected chi connectivity index (χ2v) is 13.9. The molecule has 1 amide bonds. The highest BCUT2D eigenvalue weighted by Gasteiger charge is 2.43. The number of para-hydroxylation sites is 1. The molecule has 50 heavy (non-hydrogen) atoms. The number of methoxy groups -OCH3 is 1. The fourth-order valence-electron chi connectivity index (χ4n) is 6.62. The molecular formula is C38H40F3N5O4. The second kappa shape index (κ2) is 14.2. The molecule has 9 nitrogen and oxygen atoms in total. The van der Waals surface area contributed by atoms with E-state index in [1.807, 2.05) is 51.1 Å². The van der Waals surface area contributed by atoms with Crippen LogP contribution >= 0.6 is 0 Å². The van der Waals surface area contributed by atoms with Crippen molar-refractivity contribution in [2.24, 2.45) is 0 Å². The molecule has 262 valence electrons. The number of halogens is 3. The van der Waals surface area contributed by atoms with E-state index in [2.05, 4.69) is 16.3 Å². The summed E-state index contributed by atoms with van der Waals surface area (Å²) < 4.78 is 58.9. The zero-order valence-corrected chi connectivity index (χ0v) is 28.6. The summed E-state index contributed by atoms with van der Waals surface area (Å²) in [4.78, 5) is 21.1. The number of alkyl carbamates (subject to hydrolysis) is 1. The van der Waals surface area contributed by atoms with Crippen LogP contribution in [-0.2, 0) is 16.0 Å². The molecular weight excluding hydrogens is 647 g/mol. The van der Waals surface area contributed by atoms with E-state index in [4.69, 9.17) is 19.2 Å². The summed E-state index contributed by atoms with van der Waals surface area (Å²) >= 11 is 0. The van der Waals surface area contributed by atoms with Crippen LogP contribution in [0.5, 0.6) is 5.75 Å². The number of aromatic nitrogens is 1. The third kappa shape index (κ3) is 7.95. The molecule has 0 unspecified atom stereocenters. The molecule has 3 aromatic carbocycles. The molecule has 0 saturated carbocycles. The maximum Gasteiger partial charge on any atom is 0.407 e. The minimum Gasteiger partial charge on any atom is -0.466 e. The van der Waals surface area contributed by atoms with Crippen LogP contribution < -0.4 is 15.0 Å². The highest BCUT2D eigenvalue weighted by atomic mass is 19.3. The smallest absolute Gasteiger partial charge is 0.407 e. The molecule has 3 heterocycles. The Balaban J connectivity index is 1.42. The summed E-state index contributed by atoms with van der Waals surface area (Å²) in [6.45, 7) is 6.04. The van der Waals surface area contributed by atoms with Crippen LogP contribution in [0.25, 0.3) is 33.2 Å². The number of nitrogens with one attached hydrogen (secondary N) is 1. The number of ether oxygens (including phenoxy) is 3. The molecule has 1 aromatic heterocycles. The van der Waals surface area contributed by atoms with Gasteiger partial charge in [0.25, 0.3) is 5.92 Å². The van der Waals surface area contributed by atoms with Gasteiger partial charge in [0.1, 0.15) is 23.2 Å². The normalized spacial score (nSPS) is 16.5. The van der Waals surface area contributed by atoms with Gasteiger partial charge in [0.05, 0.1) is 29.9 Å².